The van der Waals surface area contributed by atoms with Gasteiger partial charge in [0.2, 0.25) is 0 Å². The van der Waals surface area contributed by atoms with Crippen molar-refractivity contribution in [3.05, 3.63) is 34.4 Å². The van der Waals surface area contributed by atoms with Gasteiger partial charge < -0.3 is 4.55 Å². The predicted octanol–water partition coefficient (Wildman–Crippen LogP) is 4.91. The molecule has 9 heteroatoms. The Balaban J connectivity index is 2.36. The lowest BCUT2D eigenvalue weighted by Gasteiger charge is -2.29. The summed E-state index contributed by atoms with van der Waals surface area (Å²) in [6.07, 6.45) is -4.63. The predicted molar refractivity (Wildman–Crippen MR) is 82.8 cm³/mol. The lowest BCUT2D eigenvalue weighted by atomic mass is 10.0. The zero-order valence-electron chi connectivity index (χ0n) is 13.2. The van der Waals surface area contributed by atoms with Crippen LogP contribution in [0, 0.1) is 23.5 Å². The van der Waals surface area contributed by atoms with Crippen LogP contribution in [0.25, 0.3) is 0 Å². The maximum atomic E-state index is 14.3. The second-order valence-corrected chi connectivity index (χ2v) is 9.16. The van der Waals surface area contributed by atoms with Crippen molar-refractivity contribution in [3.63, 3.8) is 0 Å². The van der Waals surface area contributed by atoms with Crippen molar-refractivity contribution in [2.75, 3.05) is 0 Å². The minimum Gasteiger partial charge on any atom is -0.598 e. The van der Waals surface area contributed by atoms with Crippen molar-refractivity contribution < 1.29 is 26.5 Å². The normalized spacial score (nSPS) is 23.9. The summed E-state index contributed by atoms with van der Waals surface area (Å²) in [6.45, 7) is 4.90. The Morgan fingerprint density at radius 2 is 1.83 bits per heavy atom. The molecule has 0 radical (unpaired) electrons. The van der Waals surface area contributed by atoms with Gasteiger partial charge in [-0.1, -0.05) is 17.7 Å². The van der Waals surface area contributed by atoms with E-state index in [4.69, 9.17) is 11.6 Å². The summed E-state index contributed by atoms with van der Waals surface area (Å²) in [7, 11) is 0. The Kier molecular flexibility index (Phi) is 5.45. The molecule has 1 aromatic rings. The molecule has 1 saturated carbocycles. The van der Waals surface area contributed by atoms with Crippen LogP contribution >= 0.6 is 11.6 Å². The Morgan fingerprint density at radius 1 is 1.25 bits per heavy atom. The van der Waals surface area contributed by atoms with Gasteiger partial charge in [0.25, 0.3) is 0 Å². The summed E-state index contributed by atoms with van der Waals surface area (Å²) in [6, 6.07) is 0.759. The Hall–Kier alpha value is -0.570. The molecule has 136 valence electrons. The first kappa shape index (κ1) is 19.8. The molecule has 0 amide bonds. The fraction of sp³-hybridized carbons (Fsp3) is 0.600. The van der Waals surface area contributed by atoms with Gasteiger partial charge >= 0.3 is 6.18 Å². The zero-order chi connectivity index (χ0) is 18.4. The van der Waals surface area contributed by atoms with E-state index in [0.29, 0.717) is 0 Å². The molecular weight excluding hydrogens is 373 g/mol. The summed E-state index contributed by atoms with van der Waals surface area (Å²) < 4.78 is 80.4. The molecule has 0 aromatic heterocycles. The molecule has 1 aromatic carbocycles. The highest BCUT2D eigenvalue weighted by molar-refractivity contribution is 7.90. The van der Waals surface area contributed by atoms with Crippen molar-refractivity contribution in [2.45, 2.75) is 44.2 Å². The molecular formula is C15H17ClF5NOS. The first-order valence-corrected chi connectivity index (χ1v) is 8.75. The molecule has 0 spiro atoms. The number of halogens is 6. The monoisotopic (exact) mass is 389 g/mol. The van der Waals surface area contributed by atoms with Gasteiger partial charge in [0.05, 0.1) is 12.0 Å². The SMILES string of the molecule is CC(C)(C)[S+]([O-])N[C@@H](c1ccc(F)c(Cl)c1F)[C@@H]1C[C@H]1C(F)(F)F. The van der Waals surface area contributed by atoms with Crippen LogP contribution in [0.5, 0.6) is 0 Å². The maximum absolute atomic E-state index is 14.3. The van der Waals surface area contributed by atoms with Crippen molar-refractivity contribution in [1.82, 2.24) is 4.72 Å². The van der Waals surface area contributed by atoms with Crippen LogP contribution in [-0.4, -0.2) is 15.5 Å². The van der Waals surface area contributed by atoms with Crippen LogP contribution in [-0.2, 0) is 11.4 Å². The Morgan fingerprint density at radius 3 is 2.29 bits per heavy atom. The van der Waals surface area contributed by atoms with E-state index in [1.165, 1.54) is 0 Å². The minimum absolute atomic E-state index is 0.211. The second-order valence-electron chi connectivity index (χ2n) is 6.79. The molecule has 0 saturated heterocycles. The van der Waals surface area contributed by atoms with Gasteiger partial charge in [-0.15, -0.1) is 4.72 Å². The third kappa shape index (κ3) is 4.15. The molecule has 1 aliphatic carbocycles. The molecule has 0 aliphatic heterocycles. The van der Waals surface area contributed by atoms with Crippen molar-refractivity contribution >= 4 is 23.0 Å². The average molecular weight is 390 g/mol. The summed E-state index contributed by atoms with van der Waals surface area (Å²) in [4.78, 5) is 0. The highest BCUT2D eigenvalue weighted by Gasteiger charge is 2.60. The van der Waals surface area contributed by atoms with Crippen molar-refractivity contribution in [1.29, 1.82) is 0 Å². The van der Waals surface area contributed by atoms with Crippen LogP contribution in [0.1, 0.15) is 38.8 Å². The van der Waals surface area contributed by atoms with Gasteiger partial charge in [-0.25, -0.2) is 8.78 Å². The summed E-state index contributed by atoms with van der Waals surface area (Å²) >= 11 is 3.80. The molecule has 1 aliphatic rings. The van der Waals surface area contributed by atoms with Gasteiger partial charge in [0, 0.05) is 16.9 Å². The Bertz CT molecular complexity index is 619. The molecule has 1 fully saturated rings. The molecule has 2 rings (SSSR count). The largest absolute Gasteiger partial charge is 0.598 e. The van der Waals surface area contributed by atoms with Crippen molar-refractivity contribution in [2.24, 2.45) is 11.8 Å². The number of hydrogen-bond acceptors (Lipinski definition) is 2. The van der Waals surface area contributed by atoms with E-state index in [1.54, 1.807) is 20.8 Å². The van der Waals surface area contributed by atoms with Crippen LogP contribution in [0.15, 0.2) is 12.1 Å². The fourth-order valence-corrected chi connectivity index (χ4v) is 3.47. The maximum Gasteiger partial charge on any atom is 0.392 e. The first-order chi connectivity index (χ1) is 10.8. The lowest BCUT2D eigenvalue weighted by Crippen LogP contribution is -2.42. The van der Waals surface area contributed by atoms with E-state index in [0.717, 1.165) is 12.1 Å². The van der Waals surface area contributed by atoms with Gasteiger partial charge in [-0.3, -0.25) is 0 Å². The van der Waals surface area contributed by atoms with Gasteiger partial charge in [0.15, 0.2) is 0 Å². The molecule has 2 nitrogen and oxygen atoms in total. The van der Waals surface area contributed by atoms with E-state index in [1.807, 2.05) is 0 Å². The number of rotatable bonds is 4. The first-order valence-electron chi connectivity index (χ1n) is 7.22. The topological polar surface area (TPSA) is 35.1 Å². The summed E-state index contributed by atoms with van der Waals surface area (Å²) in [5.41, 5.74) is -0.212. The third-order valence-electron chi connectivity index (χ3n) is 3.88. The van der Waals surface area contributed by atoms with Crippen LogP contribution < -0.4 is 4.72 Å². The number of benzene rings is 1. The lowest BCUT2D eigenvalue weighted by molar-refractivity contribution is -0.151. The summed E-state index contributed by atoms with van der Waals surface area (Å²) in [5.74, 6) is -4.73. The molecule has 4 atom stereocenters. The molecule has 0 bridgehead atoms. The van der Waals surface area contributed by atoms with E-state index in [-0.39, 0.29) is 12.0 Å². The number of hydrogen-bond donors (Lipinski definition) is 1. The van der Waals surface area contributed by atoms with E-state index >= 15 is 0 Å². The Labute approximate surface area is 145 Å². The molecule has 1 unspecified atom stereocenters. The van der Waals surface area contributed by atoms with Gasteiger partial charge in [0.1, 0.15) is 21.4 Å². The summed E-state index contributed by atoms with van der Waals surface area (Å²) in [5, 5.41) is -0.787. The van der Waals surface area contributed by atoms with E-state index < -0.39 is 56.8 Å². The number of alkyl halides is 3. The second kappa shape index (κ2) is 6.63. The highest BCUT2D eigenvalue weighted by Crippen LogP contribution is 2.56. The zero-order valence-corrected chi connectivity index (χ0v) is 14.8. The van der Waals surface area contributed by atoms with Gasteiger partial charge in [-0.2, -0.15) is 13.2 Å². The standard InChI is InChI=1S/C15H17ClF5NOS/c1-14(2,3)24(23)22-13(8-6-9(8)15(19,20)21)7-4-5-10(17)11(16)12(7)18/h4-5,8-9,13,22H,6H2,1-3H3/t8-,9-,13+,24?/m1/s1. The molecule has 24 heavy (non-hydrogen) atoms. The average Bonchev–Trinajstić information content (AvgIpc) is 3.22. The van der Waals surface area contributed by atoms with Crippen LogP contribution in [0.4, 0.5) is 22.0 Å². The van der Waals surface area contributed by atoms with E-state index in [9.17, 15) is 26.5 Å². The van der Waals surface area contributed by atoms with Crippen LogP contribution in [0.3, 0.4) is 0 Å². The van der Waals surface area contributed by atoms with E-state index in [2.05, 4.69) is 4.72 Å². The molecule has 0 heterocycles. The highest BCUT2D eigenvalue weighted by atomic mass is 35.5. The van der Waals surface area contributed by atoms with Crippen LogP contribution in [0.2, 0.25) is 5.02 Å². The third-order valence-corrected chi connectivity index (χ3v) is 5.81. The molecule has 1 N–H and O–H groups in total. The smallest absolute Gasteiger partial charge is 0.392 e. The number of nitrogens with one attached hydrogen (secondary N) is 1. The van der Waals surface area contributed by atoms with Crippen molar-refractivity contribution in [3.8, 4) is 0 Å². The van der Waals surface area contributed by atoms with Gasteiger partial charge in [-0.05, 0) is 39.2 Å². The quantitative estimate of drug-likeness (QED) is 0.451. The minimum atomic E-state index is -4.42. The fourth-order valence-electron chi connectivity index (χ4n) is 2.41.